The van der Waals surface area contributed by atoms with Gasteiger partial charge in [-0.3, -0.25) is 9.80 Å². The summed E-state index contributed by atoms with van der Waals surface area (Å²) >= 11 is 0. The minimum absolute atomic E-state index is 0.0155. The first-order valence-corrected chi connectivity index (χ1v) is 11.0. The molecule has 4 rings (SSSR count). The number of aromatic nitrogens is 1. The zero-order valence-electron chi connectivity index (χ0n) is 19.2. The van der Waals surface area contributed by atoms with E-state index in [1.165, 1.54) is 11.1 Å². The molecule has 1 atom stereocenters. The van der Waals surface area contributed by atoms with Crippen molar-refractivity contribution < 1.29 is 9.26 Å². The molecule has 0 bridgehead atoms. The molecule has 0 amide bonds. The summed E-state index contributed by atoms with van der Waals surface area (Å²) in [5.41, 5.74) is 3.31. The van der Waals surface area contributed by atoms with Crippen molar-refractivity contribution >= 4 is 5.88 Å². The van der Waals surface area contributed by atoms with Crippen molar-refractivity contribution in [2.45, 2.75) is 45.5 Å². The summed E-state index contributed by atoms with van der Waals surface area (Å²) in [5.74, 6) is 1.53. The highest BCUT2D eigenvalue weighted by molar-refractivity contribution is 5.46. The lowest BCUT2D eigenvalue weighted by Gasteiger charge is -2.30. The molecular formula is C27H31N3O2. The molecule has 0 fully saturated rings. The summed E-state index contributed by atoms with van der Waals surface area (Å²) in [6.45, 7) is 8.13. The van der Waals surface area contributed by atoms with Gasteiger partial charge in [-0.05, 0) is 41.8 Å². The number of hydrogen-bond acceptors (Lipinski definition) is 5. The Morgan fingerprint density at radius 2 is 1.75 bits per heavy atom. The highest BCUT2D eigenvalue weighted by Gasteiger charge is 2.25. The number of nitrogens with zero attached hydrogens (tertiary/aromatic N) is 3. The Balaban J connectivity index is 1.47. The molecule has 166 valence electrons. The normalized spacial score (nSPS) is 16.0. The summed E-state index contributed by atoms with van der Waals surface area (Å²) in [6.07, 6.45) is 7.63. The summed E-state index contributed by atoms with van der Waals surface area (Å²) < 4.78 is 12.1. The predicted octanol–water partition coefficient (Wildman–Crippen LogP) is 5.90. The molecule has 0 saturated heterocycles. The Labute approximate surface area is 190 Å². The Kier molecular flexibility index (Phi) is 6.47. The molecule has 0 radical (unpaired) electrons. The number of allylic oxidation sites excluding steroid dienone is 2. The fourth-order valence-corrected chi connectivity index (χ4v) is 3.82. The third-order valence-electron chi connectivity index (χ3n) is 5.38. The summed E-state index contributed by atoms with van der Waals surface area (Å²) in [5, 5.41) is 4.30. The summed E-state index contributed by atoms with van der Waals surface area (Å²) in [6, 6.07) is 20.6. The maximum absolute atomic E-state index is 6.44. The number of ether oxygens (including phenoxy) is 1. The highest BCUT2D eigenvalue weighted by atomic mass is 16.5. The van der Waals surface area contributed by atoms with Crippen molar-refractivity contribution in [1.29, 1.82) is 0 Å². The Hall–Kier alpha value is -3.31. The van der Waals surface area contributed by atoms with E-state index in [0.29, 0.717) is 12.4 Å². The molecule has 2 heterocycles. The van der Waals surface area contributed by atoms with Crippen LogP contribution < -0.4 is 9.64 Å². The lowest BCUT2D eigenvalue weighted by molar-refractivity contribution is 0.237. The van der Waals surface area contributed by atoms with Crippen molar-refractivity contribution in [3.63, 3.8) is 0 Å². The van der Waals surface area contributed by atoms with Crippen molar-refractivity contribution in [1.82, 2.24) is 10.1 Å². The predicted molar refractivity (Wildman–Crippen MR) is 128 cm³/mol. The Bertz CT molecular complexity index is 1080. The molecule has 3 aromatic rings. The molecule has 1 aromatic heterocycles. The van der Waals surface area contributed by atoms with Gasteiger partial charge in [0.15, 0.2) is 6.23 Å². The van der Waals surface area contributed by atoms with E-state index in [9.17, 15) is 0 Å². The zero-order valence-corrected chi connectivity index (χ0v) is 19.2. The van der Waals surface area contributed by atoms with Gasteiger partial charge < -0.3 is 9.26 Å². The second-order valence-electron chi connectivity index (χ2n) is 9.20. The average Bonchev–Trinajstić information content (AvgIpc) is 3.22. The van der Waals surface area contributed by atoms with Crippen LogP contribution in [0.25, 0.3) is 0 Å². The van der Waals surface area contributed by atoms with E-state index in [1.807, 2.05) is 53.6 Å². The highest BCUT2D eigenvalue weighted by Crippen LogP contribution is 2.33. The first-order valence-electron chi connectivity index (χ1n) is 11.0. The van der Waals surface area contributed by atoms with Crippen LogP contribution in [0.15, 0.2) is 89.6 Å². The van der Waals surface area contributed by atoms with Gasteiger partial charge >= 0.3 is 0 Å². The van der Waals surface area contributed by atoms with Gasteiger partial charge in [-0.1, -0.05) is 80.5 Å². The fourth-order valence-electron chi connectivity index (χ4n) is 3.82. The zero-order chi connectivity index (χ0) is 22.6. The monoisotopic (exact) mass is 429 g/mol. The minimum atomic E-state index is -0.314. The van der Waals surface area contributed by atoms with Gasteiger partial charge in [-0.15, -0.1) is 0 Å². The molecule has 2 aromatic carbocycles. The molecule has 0 aliphatic carbocycles. The smallest absolute Gasteiger partial charge is 0.234 e. The van der Waals surface area contributed by atoms with Crippen molar-refractivity contribution in [3.8, 4) is 5.75 Å². The van der Waals surface area contributed by atoms with Crippen molar-refractivity contribution in [2.24, 2.45) is 0 Å². The summed E-state index contributed by atoms with van der Waals surface area (Å²) in [7, 11) is 2.08. The van der Waals surface area contributed by atoms with Gasteiger partial charge in [0, 0.05) is 25.4 Å². The number of rotatable bonds is 7. The second kappa shape index (κ2) is 9.45. The van der Waals surface area contributed by atoms with Crippen molar-refractivity contribution in [2.75, 3.05) is 11.9 Å². The van der Waals surface area contributed by atoms with Gasteiger partial charge in [0.1, 0.15) is 5.75 Å². The quantitative estimate of drug-likeness (QED) is 0.468. The topological polar surface area (TPSA) is 41.7 Å². The molecule has 0 spiro atoms. The van der Waals surface area contributed by atoms with E-state index in [-0.39, 0.29) is 11.6 Å². The molecular weight excluding hydrogens is 398 g/mol. The number of benzene rings is 2. The number of anilines is 1. The average molecular weight is 430 g/mol. The molecule has 0 N–H and O–H groups in total. The molecule has 1 aliphatic rings. The lowest BCUT2D eigenvalue weighted by Crippen LogP contribution is -2.35. The maximum atomic E-state index is 6.44. The molecule has 32 heavy (non-hydrogen) atoms. The van der Waals surface area contributed by atoms with Crippen molar-refractivity contribution in [3.05, 3.63) is 102 Å². The lowest BCUT2D eigenvalue weighted by atomic mass is 9.86. The van der Waals surface area contributed by atoms with Gasteiger partial charge in [-0.25, -0.2) is 0 Å². The van der Waals surface area contributed by atoms with E-state index in [2.05, 4.69) is 74.3 Å². The van der Waals surface area contributed by atoms with Crippen LogP contribution in [0, 0.1) is 0 Å². The van der Waals surface area contributed by atoms with Crippen LogP contribution in [0.5, 0.6) is 5.75 Å². The van der Waals surface area contributed by atoms with Crippen LogP contribution in [-0.2, 0) is 18.5 Å². The van der Waals surface area contributed by atoms with Crippen LogP contribution in [0.4, 0.5) is 5.88 Å². The Morgan fingerprint density at radius 1 is 1.00 bits per heavy atom. The first-order chi connectivity index (χ1) is 15.4. The van der Waals surface area contributed by atoms with Gasteiger partial charge in [0.2, 0.25) is 5.88 Å². The van der Waals surface area contributed by atoms with E-state index < -0.39 is 0 Å². The molecule has 1 unspecified atom stereocenters. The van der Waals surface area contributed by atoms with Crippen LogP contribution in [0.3, 0.4) is 0 Å². The van der Waals surface area contributed by atoms with E-state index >= 15 is 0 Å². The third-order valence-corrected chi connectivity index (χ3v) is 5.38. The van der Waals surface area contributed by atoms with Crippen LogP contribution in [0.2, 0.25) is 0 Å². The molecule has 1 aliphatic heterocycles. The van der Waals surface area contributed by atoms with E-state index in [1.54, 1.807) is 0 Å². The van der Waals surface area contributed by atoms with Gasteiger partial charge in [0.25, 0.3) is 0 Å². The second-order valence-corrected chi connectivity index (χ2v) is 9.20. The van der Waals surface area contributed by atoms with Crippen LogP contribution in [0.1, 0.15) is 37.6 Å². The number of para-hydroxylation sites is 1. The third kappa shape index (κ3) is 5.29. The Morgan fingerprint density at radius 3 is 2.53 bits per heavy atom. The standard InChI is InChI=1S/C27H31N3O2/c1-27(2,3)23-14-8-9-15-24(23)31-25-16-10-11-17-30(25)26-18-22(28-32-26)20-29(4)19-21-12-6-5-7-13-21/h5-18,25H,19-20H2,1-4H3. The van der Waals surface area contributed by atoms with Gasteiger partial charge in [-0.2, -0.15) is 0 Å². The minimum Gasteiger partial charge on any atom is -0.466 e. The van der Waals surface area contributed by atoms with Crippen LogP contribution in [-0.4, -0.2) is 23.3 Å². The largest absolute Gasteiger partial charge is 0.466 e. The number of hydrogen-bond donors (Lipinski definition) is 0. The van der Waals surface area contributed by atoms with E-state index in [0.717, 1.165) is 18.0 Å². The first kappa shape index (κ1) is 21.9. The fraction of sp³-hybridized carbons (Fsp3) is 0.296. The maximum Gasteiger partial charge on any atom is 0.234 e. The van der Waals surface area contributed by atoms with E-state index in [4.69, 9.17) is 9.26 Å². The summed E-state index contributed by atoms with van der Waals surface area (Å²) in [4.78, 5) is 4.18. The SMILES string of the molecule is CN(Cc1ccccc1)Cc1cc(N2C=CC=CC2Oc2ccccc2C(C)(C)C)on1. The molecule has 0 saturated carbocycles. The molecule has 5 heteroatoms. The van der Waals surface area contributed by atoms with Gasteiger partial charge in [0.05, 0.1) is 5.69 Å². The molecule has 5 nitrogen and oxygen atoms in total. The van der Waals surface area contributed by atoms with Crippen LogP contribution >= 0.6 is 0 Å².